The van der Waals surface area contributed by atoms with Crippen molar-refractivity contribution in [3.63, 3.8) is 0 Å². The highest BCUT2D eigenvalue weighted by Gasteiger charge is 2.27. The Hall–Kier alpha value is -1.89. The third-order valence-electron chi connectivity index (χ3n) is 5.28. The van der Waals surface area contributed by atoms with Crippen LogP contribution < -0.4 is 5.32 Å². The van der Waals surface area contributed by atoms with Crippen LogP contribution in [0.25, 0.3) is 0 Å². The van der Waals surface area contributed by atoms with E-state index in [1.807, 2.05) is 13.1 Å². The van der Waals surface area contributed by atoms with Gasteiger partial charge in [-0.3, -0.25) is 14.3 Å². The predicted molar refractivity (Wildman–Crippen MR) is 94.1 cm³/mol. The van der Waals surface area contributed by atoms with E-state index in [4.69, 9.17) is 0 Å². The Balaban J connectivity index is 1.60. The zero-order chi connectivity index (χ0) is 17.8. The Labute approximate surface area is 148 Å². The average Bonchev–Trinajstić information content (AvgIpc) is 2.90. The van der Waals surface area contributed by atoms with E-state index in [-0.39, 0.29) is 18.4 Å². The van der Waals surface area contributed by atoms with Gasteiger partial charge >= 0.3 is 0 Å². The lowest BCUT2D eigenvalue weighted by atomic mass is 9.87. The summed E-state index contributed by atoms with van der Waals surface area (Å²) in [5.74, 6) is 0.544. The van der Waals surface area contributed by atoms with Crippen molar-refractivity contribution < 1.29 is 14.7 Å². The quantitative estimate of drug-likeness (QED) is 0.868. The average molecular weight is 348 g/mol. The first kappa shape index (κ1) is 17.9. The van der Waals surface area contributed by atoms with Crippen LogP contribution in [-0.4, -0.2) is 50.8 Å². The molecule has 1 aromatic heterocycles. The van der Waals surface area contributed by atoms with Crippen LogP contribution in [0.2, 0.25) is 0 Å². The van der Waals surface area contributed by atoms with Gasteiger partial charge in [0.05, 0.1) is 12.2 Å². The van der Waals surface area contributed by atoms with Gasteiger partial charge in [0.1, 0.15) is 11.9 Å². The molecule has 1 aromatic rings. The number of rotatable bonds is 4. The van der Waals surface area contributed by atoms with Crippen molar-refractivity contribution in [1.82, 2.24) is 14.7 Å². The molecule has 2 N–H and O–H groups in total. The van der Waals surface area contributed by atoms with Gasteiger partial charge < -0.3 is 15.3 Å². The fourth-order valence-electron chi connectivity index (χ4n) is 3.80. The van der Waals surface area contributed by atoms with Gasteiger partial charge in [0.2, 0.25) is 5.91 Å². The minimum atomic E-state index is -0.982. The normalized spacial score (nSPS) is 22.7. The summed E-state index contributed by atoms with van der Waals surface area (Å²) in [6, 6.07) is 1.95. The first-order chi connectivity index (χ1) is 12.0. The Morgan fingerprint density at radius 1 is 1.24 bits per heavy atom. The van der Waals surface area contributed by atoms with Crippen LogP contribution in [0.5, 0.6) is 0 Å². The molecule has 7 nitrogen and oxygen atoms in total. The summed E-state index contributed by atoms with van der Waals surface area (Å²) in [6.45, 7) is 0.488. The van der Waals surface area contributed by atoms with E-state index < -0.39 is 6.10 Å². The SMILES string of the molecule is Cn1nc(C2CCCCC2)cc1NC(=O)CN1CCCCC(O)C1=O. The van der Waals surface area contributed by atoms with Crippen LogP contribution in [0.3, 0.4) is 0 Å². The summed E-state index contributed by atoms with van der Waals surface area (Å²) in [5, 5.41) is 17.2. The van der Waals surface area contributed by atoms with Gasteiger partial charge in [-0.15, -0.1) is 0 Å². The van der Waals surface area contributed by atoms with E-state index in [1.165, 1.54) is 24.2 Å². The van der Waals surface area contributed by atoms with Crippen LogP contribution in [0.1, 0.15) is 63.0 Å². The number of nitrogens with zero attached hydrogens (tertiary/aromatic N) is 3. The molecule has 2 aliphatic rings. The van der Waals surface area contributed by atoms with Crippen LogP contribution in [0, 0.1) is 0 Å². The second-order valence-corrected chi connectivity index (χ2v) is 7.23. The van der Waals surface area contributed by atoms with Gasteiger partial charge in [-0.1, -0.05) is 19.3 Å². The van der Waals surface area contributed by atoms with Gasteiger partial charge in [0, 0.05) is 25.6 Å². The predicted octanol–water partition coefficient (Wildman–Crippen LogP) is 1.78. The molecular formula is C18H28N4O3. The maximum absolute atomic E-state index is 12.4. The van der Waals surface area contributed by atoms with Gasteiger partial charge in [0.25, 0.3) is 5.91 Å². The molecule has 7 heteroatoms. The minimum absolute atomic E-state index is 0.0279. The maximum atomic E-state index is 12.4. The van der Waals surface area contributed by atoms with Crippen molar-refractivity contribution in [3.05, 3.63) is 11.8 Å². The molecule has 1 saturated carbocycles. The number of aliphatic hydroxyl groups excluding tert-OH is 1. The molecule has 0 aromatic carbocycles. The first-order valence-electron chi connectivity index (χ1n) is 9.35. The molecule has 2 fully saturated rings. The minimum Gasteiger partial charge on any atom is -0.383 e. The maximum Gasteiger partial charge on any atom is 0.251 e. The summed E-state index contributed by atoms with van der Waals surface area (Å²) in [5.41, 5.74) is 1.04. The molecular weight excluding hydrogens is 320 g/mol. The number of carbonyl (C=O) groups excluding carboxylic acids is 2. The second-order valence-electron chi connectivity index (χ2n) is 7.23. The molecule has 1 aliphatic carbocycles. The third-order valence-corrected chi connectivity index (χ3v) is 5.28. The fourth-order valence-corrected chi connectivity index (χ4v) is 3.80. The van der Waals surface area contributed by atoms with Gasteiger partial charge in [-0.05, 0) is 32.1 Å². The van der Waals surface area contributed by atoms with Crippen molar-refractivity contribution in [2.45, 2.75) is 63.4 Å². The smallest absolute Gasteiger partial charge is 0.251 e. The van der Waals surface area contributed by atoms with Gasteiger partial charge in [-0.25, -0.2) is 0 Å². The molecule has 1 unspecified atom stereocenters. The van der Waals surface area contributed by atoms with E-state index in [0.29, 0.717) is 24.7 Å². The Bertz CT molecular complexity index is 622. The number of amides is 2. The lowest BCUT2D eigenvalue weighted by Crippen LogP contribution is -2.42. The topological polar surface area (TPSA) is 87.5 Å². The molecule has 2 amide bonds. The van der Waals surface area contributed by atoms with Crippen LogP contribution in [0.15, 0.2) is 6.07 Å². The number of likely N-dealkylation sites (tertiary alicyclic amines) is 1. The standard InChI is InChI=1S/C18H28N4O3/c1-21-16(11-14(20-21)13-7-3-2-4-8-13)19-17(24)12-22-10-6-5-9-15(23)18(22)25/h11,13,15,23H,2-10,12H2,1H3,(H,19,24). The highest BCUT2D eigenvalue weighted by molar-refractivity contribution is 5.94. The largest absolute Gasteiger partial charge is 0.383 e. The molecule has 1 aliphatic heterocycles. The Kier molecular flexibility index (Phi) is 5.73. The molecule has 0 bridgehead atoms. The number of carbonyl (C=O) groups is 2. The van der Waals surface area contributed by atoms with E-state index in [1.54, 1.807) is 4.68 Å². The number of anilines is 1. The van der Waals surface area contributed by atoms with Crippen molar-refractivity contribution >= 4 is 17.6 Å². The van der Waals surface area contributed by atoms with Crippen molar-refractivity contribution in [2.75, 3.05) is 18.4 Å². The molecule has 2 heterocycles. The molecule has 0 radical (unpaired) electrons. The molecule has 3 rings (SSSR count). The zero-order valence-electron chi connectivity index (χ0n) is 14.9. The molecule has 138 valence electrons. The summed E-state index contributed by atoms with van der Waals surface area (Å²) >= 11 is 0. The van der Waals surface area contributed by atoms with Crippen LogP contribution in [-0.2, 0) is 16.6 Å². The number of aryl methyl sites for hydroxylation is 1. The number of nitrogens with one attached hydrogen (secondary N) is 1. The van der Waals surface area contributed by atoms with E-state index >= 15 is 0 Å². The Morgan fingerprint density at radius 3 is 2.72 bits per heavy atom. The highest BCUT2D eigenvalue weighted by atomic mass is 16.3. The van der Waals surface area contributed by atoms with Crippen LogP contribution >= 0.6 is 0 Å². The summed E-state index contributed by atoms with van der Waals surface area (Å²) in [4.78, 5) is 25.9. The number of hydrogen-bond donors (Lipinski definition) is 2. The van der Waals surface area contributed by atoms with E-state index in [9.17, 15) is 14.7 Å². The Morgan fingerprint density at radius 2 is 1.96 bits per heavy atom. The molecule has 1 saturated heterocycles. The zero-order valence-corrected chi connectivity index (χ0v) is 14.9. The number of aromatic nitrogens is 2. The number of hydrogen-bond acceptors (Lipinski definition) is 4. The van der Waals surface area contributed by atoms with Crippen molar-refractivity contribution in [3.8, 4) is 0 Å². The molecule has 0 spiro atoms. The van der Waals surface area contributed by atoms with Crippen molar-refractivity contribution in [2.24, 2.45) is 7.05 Å². The summed E-state index contributed by atoms with van der Waals surface area (Å²) in [7, 11) is 1.82. The third kappa shape index (κ3) is 4.39. The second kappa shape index (κ2) is 7.99. The first-order valence-corrected chi connectivity index (χ1v) is 9.35. The summed E-state index contributed by atoms with van der Waals surface area (Å²) in [6.07, 6.45) is 7.20. The van der Waals surface area contributed by atoms with Gasteiger partial charge in [0.15, 0.2) is 0 Å². The lowest BCUT2D eigenvalue weighted by Gasteiger charge is -2.21. The van der Waals surface area contributed by atoms with Crippen LogP contribution in [0.4, 0.5) is 5.82 Å². The van der Waals surface area contributed by atoms with Crippen molar-refractivity contribution in [1.29, 1.82) is 0 Å². The lowest BCUT2D eigenvalue weighted by molar-refractivity contribution is -0.141. The van der Waals surface area contributed by atoms with E-state index in [0.717, 1.165) is 31.4 Å². The number of aliphatic hydroxyl groups is 1. The van der Waals surface area contributed by atoms with Gasteiger partial charge in [-0.2, -0.15) is 5.10 Å². The fraction of sp³-hybridized carbons (Fsp3) is 0.722. The monoisotopic (exact) mass is 348 g/mol. The van der Waals surface area contributed by atoms with E-state index in [2.05, 4.69) is 10.4 Å². The molecule has 1 atom stereocenters. The highest BCUT2D eigenvalue weighted by Crippen LogP contribution is 2.32. The molecule has 25 heavy (non-hydrogen) atoms. The summed E-state index contributed by atoms with van der Waals surface area (Å²) < 4.78 is 1.70.